The fourth-order valence-corrected chi connectivity index (χ4v) is 2.09. The van der Waals surface area contributed by atoms with Crippen molar-refractivity contribution < 1.29 is 19.1 Å². The third kappa shape index (κ3) is 3.07. The number of anilines is 1. The summed E-state index contributed by atoms with van der Waals surface area (Å²) in [6, 6.07) is 4.64. The third-order valence-electron chi connectivity index (χ3n) is 3.42. The SMILES string of the molecule is C=CCCOC(C)C(=O)Nc1ccc2c(c1)C(=O)N(C)C2=O. The Bertz CT molecular complexity index is 639. The van der Waals surface area contributed by atoms with E-state index >= 15 is 0 Å². The predicted octanol–water partition coefficient (Wildman–Crippen LogP) is 1.83. The number of fused-ring (bicyclic) bond motifs is 1. The standard InChI is InChI=1S/C16H18N2O4/c1-4-5-8-22-10(2)14(19)17-11-6-7-12-13(9-11)16(21)18(3)15(12)20/h4,6-7,9-10H,1,5,8H2,2-3H3,(H,17,19). The van der Waals surface area contributed by atoms with E-state index in [-0.39, 0.29) is 17.7 Å². The molecule has 22 heavy (non-hydrogen) atoms. The molecule has 0 radical (unpaired) electrons. The largest absolute Gasteiger partial charge is 0.368 e. The monoisotopic (exact) mass is 302 g/mol. The van der Waals surface area contributed by atoms with Crippen molar-refractivity contribution in [3.63, 3.8) is 0 Å². The molecule has 1 aromatic rings. The summed E-state index contributed by atoms with van der Waals surface area (Å²) >= 11 is 0. The van der Waals surface area contributed by atoms with Crippen LogP contribution in [0.2, 0.25) is 0 Å². The van der Waals surface area contributed by atoms with Crippen molar-refractivity contribution in [3.05, 3.63) is 42.0 Å². The van der Waals surface area contributed by atoms with Crippen LogP contribution < -0.4 is 5.32 Å². The Hall–Kier alpha value is -2.47. The van der Waals surface area contributed by atoms with Crippen LogP contribution in [0.25, 0.3) is 0 Å². The van der Waals surface area contributed by atoms with Gasteiger partial charge in [0.05, 0.1) is 17.7 Å². The number of ether oxygens (including phenoxy) is 1. The molecule has 0 saturated carbocycles. The van der Waals surface area contributed by atoms with Crippen LogP contribution in [0.4, 0.5) is 5.69 Å². The van der Waals surface area contributed by atoms with Crippen molar-refractivity contribution in [2.75, 3.05) is 19.0 Å². The summed E-state index contributed by atoms with van der Waals surface area (Å²) in [5.41, 5.74) is 1.10. The fraction of sp³-hybridized carbons (Fsp3) is 0.312. The Morgan fingerprint density at radius 2 is 2.05 bits per heavy atom. The number of imide groups is 1. The molecular weight excluding hydrogens is 284 g/mol. The Labute approximate surface area is 128 Å². The van der Waals surface area contributed by atoms with Gasteiger partial charge in [-0.25, -0.2) is 0 Å². The van der Waals surface area contributed by atoms with E-state index in [4.69, 9.17) is 4.74 Å². The Balaban J connectivity index is 2.06. The first-order valence-corrected chi connectivity index (χ1v) is 6.95. The molecule has 0 aromatic heterocycles. The topological polar surface area (TPSA) is 75.7 Å². The van der Waals surface area contributed by atoms with E-state index < -0.39 is 6.10 Å². The number of benzene rings is 1. The van der Waals surface area contributed by atoms with Crippen LogP contribution in [-0.2, 0) is 9.53 Å². The fourth-order valence-electron chi connectivity index (χ4n) is 2.09. The van der Waals surface area contributed by atoms with Crippen LogP contribution >= 0.6 is 0 Å². The van der Waals surface area contributed by atoms with Gasteiger partial charge in [-0.3, -0.25) is 19.3 Å². The maximum atomic E-state index is 12.0. The van der Waals surface area contributed by atoms with Gasteiger partial charge in [0.1, 0.15) is 6.10 Å². The van der Waals surface area contributed by atoms with Gasteiger partial charge in [-0.15, -0.1) is 6.58 Å². The Kier molecular flexibility index (Phi) is 4.72. The molecule has 0 fully saturated rings. The van der Waals surface area contributed by atoms with E-state index in [0.717, 1.165) is 4.90 Å². The van der Waals surface area contributed by atoms with Gasteiger partial charge < -0.3 is 10.1 Å². The molecule has 1 aliphatic rings. The lowest BCUT2D eigenvalue weighted by molar-refractivity contribution is -0.126. The lowest BCUT2D eigenvalue weighted by Gasteiger charge is -2.13. The lowest BCUT2D eigenvalue weighted by atomic mass is 10.1. The smallest absolute Gasteiger partial charge is 0.261 e. The van der Waals surface area contributed by atoms with Crippen LogP contribution in [-0.4, -0.2) is 42.4 Å². The number of amides is 3. The van der Waals surface area contributed by atoms with Crippen molar-refractivity contribution in [1.29, 1.82) is 0 Å². The van der Waals surface area contributed by atoms with Crippen LogP contribution in [0, 0.1) is 0 Å². The van der Waals surface area contributed by atoms with Crippen LogP contribution in [0.3, 0.4) is 0 Å². The second-order valence-electron chi connectivity index (χ2n) is 5.01. The molecule has 0 bridgehead atoms. The molecule has 3 amide bonds. The third-order valence-corrected chi connectivity index (χ3v) is 3.42. The van der Waals surface area contributed by atoms with Crippen molar-refractivity contribution in [3.8, 4) is 0 Å². The van der Waals surface area contributed by atoms with E-state index in [2.05, 4.69) is 11.9 Å². The molecule has 2 rings (SSSR count). The first-order chi connectivity index (χ1) is 10.5. The second kappa shape index (κ2) is 6.53. The predicted molar refractivity (Wildman–Crippen MR) is 81.7 cm³/mol. The zero-order valence-corrected chi connectivity index (χ0v) is 12.6. The number of carbonyl (C=O) groups excluding carboxylic acids is 3. The van der Waals surface area contributed by atoms with Gasteiger partial charge in [-0.05, 0) is 31.5 Å². The molecule has 6 heteroatoms. The molecule has 0 saturated heterocycles. The molecule has 6 nitrogen and oxygen atoms in total. The number of hydrogen-bond donors (Lipinski definition) is 1. The average molecular weight is 302 g/mol. The van der Waals surface area contributed by atoms with Gasteiger partial charge in [-0.2, -0.15) is 0 Å². The van der Waals surface area contributed by atoms with Crippen LogP contribution in [0.15, 0.2) is 30.9 Å². The summed E-state index contributed by atoms with van der Waals surface area (Å²) in [6.07, 6.45) is 1.76. The van der Waals surface area contributed by atoms with E-state index in [1.165, 1.54) is 19.2 Å². The molecule has 1 heterocycles. The first-order valence-electron chi connectivity index (χ1n) is 6.95. The molecule has 1 aliphatic heterocycles. The minimum absolute atomic E-state index is 0.297. The van der Waals surface area contributed by atoms with Crippen molar-refractivity contribution >= 4 is 23.4 Å². The van der Waals surface area contributed by atoms with Crippen LogP contribution in [0.5, 0.6) is 0 Å². The summed E-state index contributed by atoms with van der Waals surface area (Å²) in [4.78, 5) is 36.7. The van der Waals surface area contributed by atoms with E-state index in [0.29, 0.717) is 29.8 Å². The Morgan fingerprint density at radius 3 is 2.73 bits per heavy atom. The molecule has 0 aliphatic carbocycles. The van der Waals surface area contributed by atoms with Crippen molar-refractivity contribution in [2.45, 2.75) is 19.4 Å². The second-order valence-corrected chi connectivity index (χ2v) is 5.01. The number of rotatable bonds is 6. The van der Waals surface area contributed by atoms with Gasteiger partial charge >= 0.3 is 0 Å². The van der Waals surface area contributed by atoms with Gasteiger partial charge in [-0.1, -0.05) is 6.08 Å². The van der Waals surface area contributed by atoms with Gasteiger partial charge in [0.2, 0.25) is 0 Å². The number of carbonyl (C=O) groups is 3. The molecule has 1 unspecified atom stereocenters. The molecule has 1 atom stereocenters. The maximum absolute atomic E-state index is 12.0. The highest BCUT2D eigenvalue weighted by atomic mass is 16.5. The highest BCUT2D eigenvalue weighted by molar-refractivity contribution is 6.21. The quantitative estimate of drug-likeness (QED) is 0.494. The number of nitrogens with zero attached hydrogens (tertiary/aromatic N) is 1. The van der Waals surface area contributed by atoms with E-state index in [1.807, 2.05) is 0 Å². The van der Waals surface area contributed by atoms with Crippen molar-refractivity contribution in [1.82, 2.24) is 4.90 Å². The maximum Gasteiger partial charge on any atom is 0.261 e. The molecule has 0 spiro atoms. The summed E-state index contributed by atoms with van der Waals surface area (Å²) in [7, 11) is 1.43. The summed E-state index contributed by atoms with van der Waals surface area (Å²) in [5, 5.41) is 2.68. The average Bonchev–Trinajstić information content (AvgIpc) is 2.72. The summed E-state index contributed by atoms with van der Waals surface area (Å²) in [6.45, 7) is 5.64. The molecular formula is C16H18N2O4. The van der Waals surface area contributed by atoms with Crippen molar-refractivity contribution in [2.24, 2.45) is 0 Å². The highest BCUT2D eigenvalue weighted by Crippen LogP contribution is 2.24. The summed E-state index contributed by atoms with van der Waals surface area (Å²) < 4.78 is 5.35. The van der Waals surface area contributed by atoms with Gasteiger partial charge in [0, 0.05) is 12.7 Å². The van der Waals surface area contributed by atoms with E-state index in [1.54, 1.807) is 19.1 Å². The van der Waals surface area contributed by atoms with E-state index in [9.17, 15) is 14.4 Å². The first kappa shape index (κ1) is 15.9. The molecule has 116 valence electrons. The zero-order valence-electron chi connectivity index (χ0n) is 12.6. The normalized spacial score (nSPS) is 14.7. The van der Waals surface area contributed by atoms with Gasteiger partial charge in [0.25, 0.3) is 17.7 Å². The Morgan fingerprint density at radius 1 is 1.36 bits per heavy atom. The lowest BCUT2D eigenvalue weighted by Crippen LogP contribution is -2.28. The number of nitrogens with one attached hydrogen (secondary N) is 1. The van der Waals surface area contributed by atoms with Gasteiger partial charge in [0.15, 0.2) is 0 Å². The zero-order chi connectivity index (χ0) is 16.3. The minimum Gasteiger partial charge on any atom is -0.368 e. The number of hydrogen-bond acceptors (Lipinski definition) is 4. The molecule has 1 N–H and O–H groups in total. The highest BCUT2D eigenvalue weighted by Gasteiger charge is 2.32. The molecule has 1 aromatic carbocycles. The summed E-state index contributed by atoms with van der Waals surface area (Å²) in [5.74, 6) is -1.01. The minimum atomic E-state index is -0.617. The van der Waals surface area contributed by atoms with Crippen LogP contribution in [0.1, 0.15) is 34.1 Å².